The van der Waals surface area contributed by atoms with E-state index in [9.17, 15) is 9.59 Å². The molecule has 2 N–H and O–H groups in total. The van der Waals surface area contributed by atoms with E-state index in [1.165, 1.54) is 0 Å². The van der Waals surface area contributed by atoms with Gasteiger partial charge in [-0.25, -0.2) is 0 Å². The van der Waals surface area contributed by atoms with E-state index in [1.54, 1.807) is 28.0 Å². The average Bonchev–Trinajstić information content (AvgIpc) is 3.41. The number of carbonyl (C=O) groups excluding carboxylic acids is 2. The average molecular weight is 400 g/mol. The van der Waals surface area contributed by atoms with Crippen molar-refractivity contribution >= 4 is 22.7 Å². The zero-order valence-electron chi connectivity index (χ0n) is 16.2. The molecule has 150 valence electrons. The van der Waals surface area contributed by atoms with Gasteiger partial charge in [-0.05, 0) is 24.3 Å². The molecule has 1 aliphatic heterocycles. The van der Waals surface area contributed by atoms with Crippen LogP contribution in [0, 0.1) is 0 Å². The monoisotopic (exact) mass is 400 g/mol. The Morgan fingerprint density at radius 3 is 2.83 bits per heavy atom. The van der Waals surface area contributed by atoms with Gasteiger partial charge in [0.05, 0.1) is 36.6 Å². The third-order valence-electron chi connectivity index (χ3n) is 5.29. The molecule has 0 spiro atoms. The minimum absolute atomic E-state index is 0.0268. The Morgan fingerprint density at radius 1 is 1.10 bits per heavy atom. The molecule has 0 bridgehead atoms. The molecule has 0 saturated carbocycles. The van der Waals surface area contributed by atoms with Crippen molar-refractivity contribution in [2.45, 2.75) is 19.6 Å². The van der Waals surface area contributed by atoms with Gasteiger partial charge < -0.3 is 15.2 Å². The molecule has 0 radical (unpaired) electrons. The highest BCUT2D eigenvalue weighted by atomic mass is 16.2. The summed E-state index contributed by atoms with van der Waals surface area (Å²) in [5.74, 6) is -0.280. The molecule has 0 fully saturated rings. The van der Waals surface area contributed by atoms with Crippen LogP contribution < -0.4 is 5.32 Å². The van der Waals surface area contributed by atoms with Gasteiger partial charge in [-0.1, -0.05) is 24.3 Å². The molecule has 2 amide bonds. The Morgan fingerprint density at radius 2 is 1.97 bits per heavy atom. The van der Waals surface area contributed by atoms with Crippen LogP contribution in [0.25, 0.3) is 10.9 Å². The number of rotatable bonds is 4. The number of nitrogens with zero attached hydrogens (tertiary/aromatic N) is 4. The van der Waals surface area contributed by atoms with Gasteiger partial charge >= 0.3 is 0 Å². The smallest absolute Gasteiger partial charge is 0.272 e. The number of benzene rings is 1. The van der Waals surface area contributed by atoms with E-state index in [4.69, 9.17) is 0 Å². The van der Waals surface area contributed by atoms with Gasteiger partial charge in [-0.2, -0.15) is 5.10 Å². The first-order valence-corrected chi connectivity index (χ1v) is 9.79. The van der Waals surface area contributed by atoms with Crippen LogP contribution in [-0.4, -0.2) is 43.0 Å². The number of hydrogen-bond donors (Lipinski definition) is 2. The van der Waals surface area contributed by atoms with Gasteiger partial charge in [0.1, 0.15) is 0 Å². The highest BCUT2D eigenvalue weighted by Crippen LogP contribution is 2.22. The topological polar surface area (TPSA) is 95.9 Å². The number of nitrogens with one attached hydrogen (secondary N) is 2. The lowest BCUT2D eigenvalue weighted by Gasteiger charge is -2.27. The second-order valence-electron chi connectivity index (χ2n) is 7.22. The molecule has 3 aromatic heterocycles. The molecule has 0 unspecified atom stereocenters. The highest BCUT2D eigenvalue weighted by Gasteiger charge is 2.26. The summed E-state index contributed by atoms with van der Waals surface area (Å²) in [7, 11) is 0. The van der Waals surface area contributed by atoms with Crippen LogP contribution in [-0.2, 0) is 19.6 Å². The summed E-state index contributed by atoms with van der Waals surface area (Å²) < 4.78 is 1.80. The fourth-order valence-electron chi connectivity index (χ4n) is 3.73. The van der Waals surface area contributed by atoms with E-state index in [0.717, 1.165) is 22.3 Å². The lowest BCUT2D eigenvalue weighted by molar-refractivity contribution is 0.0707. The summed E-state index contributed by atoms with van der Waals surface area (Å²) in [5, 5.41) is 8.16. The van der Waals surface area contributed by atoms with Crippen molar-refractivity contribution in [2.75, 3.05) is 6.54 Å². The maximum absolute atomic E-state index is 13.1. The molecular weight excluding hydrogens is 380 g/mol. The number of amides is 2. The van der Waals surface area contributed by atoms with Gasteiger partial charge in [-0.3, -0.25) is 19.3 Å². The maximum Gasteiger partial charge on any atom is 0.272 e. The highest BCUT2D eigenvalue weighted by molar-refractivity contribution is 6.06. The van der Waals surface area contributed by atoms with Gasteiger partial charge in [-0.15, -0.1) is 0 Å². The Kier molecular flexibility index (Phi) is 4.51. The van der Waals surface area contributed by atoms with E-state index < -0.39 is 0 Å². The largest absolute Gasteiger partial charge is 0.360 e. The van der Waals surface area contributed by atoms with Crippen molar-refractivity contribution in [1.82, 2.24) is 30.0 Å². The second kappa shape index (κ2) is 7.47. The maximum atomic E-state index is 13.1. The lowest BCUT2D eigenvalue weighted by Crippen LogP contribution is -2.38. The minimum Gasteiger partial charge on any atom is -0.360 e. The number of para-hydroxylation sites is 1. The number of H-pyrrole nitrogens is 1. The fraction of sp³-hybridized carbons (Fsp3) is 0.182. The summed E-state index contributed by atoms with van der Waals surface area (Å²) in [6.45, 7) is 1.85. The van der Waals surface area contributed by atoms with E-state index in [2.05, 4.69) is 20.4 Å². The molecule has 5 rings (SSSR count). The molecule has 30 heavy (non-hydrogen) atoms. The van der Waals surface area contributed by atoms with Crippen LogP contribution in [0.5, 0.6) is 0 Å². The first-order valence-electron chi connectivity index (χ1n) is 9.79. The van der Waals surface area contributed by atoms with Gasteiger partial charge in [0.2, 0.25) is 0 Å². The Labute approximate surface area is 172 Å². The van der Waals surface area contributed by atoms with Gasteiger partial charge in [0.25, 0.3) is 11.8 Å². The number of hydrogen-bond acceptors (Lipinski definition) is 4. The van der Waals surface area contributed by atoms with E-state index >= 15 is 0 Å². The Hall–Kier alpha value is -3.94. The quantitative estimate of drug-likeness (QED) is 0.550. The van der Waals surface area contributed by atoms with Gasteiger partial charge in [0, 0.05) is 29.8 Å². The molecule has 8 nitrogen and oxygen atoms in total. The first kappa shape index (κ1) is 18.1. The van der Waals surface area contributed by atoms with E-state index in [-0.39, 0.29) is 11.8 Å². The third kappa shape index (κ3) is 3.32. The molecule has 4 heterocycles. The van der Waals surface area contributed by atoms with Gasteiger partial charge in [0.15, 0.2) is 5.69 Å². The number of aromatic amines is 1. The Balaban J connectivity index is 1.29. The molecular formula is C22H20N6O2. The molecule has 8 heteroatoms. The van der Waals surface area contributed by atoms with Crippen LogP contribution in [0.15, 0.2) is 60.9 Å². The normalized spacial score (nSPS) is 13.3. The predicted octanol–water partition coefficient (Wildman–Crippen LogP) is 2.35. The van der Waals surface area contributed by atoms with Crippen LogP contribution in [0.4, 0.5) is 0 Å². The van der Waals surface area contributed by atoms with Crippen LogP contribution in [0.2, 0.25) is 0 Å². The minimum atomic E-state index is -0.253. The molecule has 1 aromatic carbocycles. The van der Waals surface area contributed by atoms with Crippen LogP contribution >= 0.6 is 0 Å². The summed E-state index contributed by atoms with van der Waals surface area (Å²) in [6, 6.07) is 15.1. The predicted molar refractivity (Wildman–Crippen MR) is 111 cm³/mol. The molecule has 4 aromatic rings. The van der Waals surface area contributed by atoms with Crippen molar-refractivity contribution < 1.29 is 9.59 Å². The first-order chi connectivity index (χ1) is 14.7. The number of aromatic nitrogens is 4. The lowest BCUT2D eigenvalue weighted by atomic mass is 10.1. The molecule has 0 aliphatic carbocycles. The SMILES string of the molecule is O=C(NCc1ccccn1)c1cc2n(n1)CCN(C(=O)c1c[nH]c3ccccc13)C2. The summed E-state index contributed by atoms with van der Waals surface area (Å²) in [6.07, 6.45) is 3.45. The number of carbonyl (C=O) groups is 2. The van der Waals surface area contributed by atoms with Crippen LogP contribution in [0.1, 0.15) is 32.2 Å². The van der Waals surface area contributed by atoms with Crippen molar-refractivity contribution in [3.63, 3.8) is 0 Å². The third-order valence-corrected chi connectivity index (χ3v) is 5.29. The summed E-state index contributed by atoms with van der Waals surface area (Å²) in [5.41, 5.74) is 3.58. The van der Waals surface area contributed by atoms with E-state index in [1.807, 2.05) is 42.5 Å². The standard InChI is InChI=1S/C22H20N6O2/c29-21(25-12-15-5-3-4-8-23-15)20-11-16-14-27(9-10-28(16)26-20)22(30)18-13-24-19-7-2-1-6-17(18)19/h1-8,11,13,24H,9-10,12,14H2,(H,25,29). The number of pyridine rings is 1. The Bertz CT molecular complexity index is 1230. The summed E-state index contributed by atoms with van der Waals surface area (Å²) in [4.78, 5) is 34.7. The molecule has 1 aliphatic rings. The van der Waals surface area contributed by atoms with Crippen LogP contribution in [0.3, 0.4) is 0 Å². The molecule has 0 atom stereocenters. The molecule has 0 saturated heterocycles. The zero-order chi connectivity index (χ0) is 20.5. The summed E-state index contributed by atoms with van der Waals surface area (Å²) >= 11 is 0. The van der Waals surface area contributed by atoms with Crippen molar-refractivity contribution in [3.8, 4) is 0 Å². The fourth-order valence-corrected chi connectivity index (χ4v) is 3.73. The van der Waals surface area contributed by atoms with Crippen molar-refractivity contribution in [2.24, 2.45) is 0 Å². The zero-order valence-corrected chi connectivity index (χ0v) is 16.2. The van der Waals surface area contributed by atoms with E-state index in [0.29, 0.717) is 37.4 Å². The number of fused-ring (bicyclic) bond motifs is 2. The van der Waals surface area contributed by atoms with Crippen molar-refractivity contribution in [1.29, 1.82) is 0 Å². The second-order valence-corrected chi connectivity index (χ2v) is 7.22. The van der Waals surface area contributed by atoms with Crippen molar-refractivity contribution in [3.05, 3.63) is 83.6 Å².